The molecule has 10 heteroatoms. The van der Waals surface area contributed by atoms with Gasteiger partial charge in [-0.3, -0.25) is 4.90 Å². The number of aromatic nitrogens is 4. The van der Waals surface area contributed by atoms with E-state index in [0.29, 0.717) is 29.5 Å². The Hall–Kier alpha value is -3.13. The fourth-order valence-corrected chi connectivity index (χ4v) is 5.37. The zero-order chi connectivity index (χ0) is 24.5. The van der Waals surface area contributed by atoms with Crippen molar-refractivity contribution in [2.24, 2.45) is 7.05 Å². The molecule has 3 aromatic heterocycles. The molecule has 1 N–H and O–H groups in total. The number of pyridine rings is 1. The van der Waals surface area contributed by atoms with Crippen molar-refractivity contribution in [1.29, 1.82) is 0 Å². The van der Waals surface area contributed by atoms with E-state index in [4.69, 9.17) is 14.8 Å². The standard InChI is InChI=1S/C25H26N5O3PS/c1-15-6-7-17(19(34)12-15)14-33-21-5-3-4-18(26-21)16-8-10-30(11-9-16)13-20-27-23-22(29(20)2)28-24(35-23)25(31)32/h3-8,12H,9-11,13-14,34H2,1-2H3,(H,31,32). The Morgan fingerprint density at radius 1 is 1.23 bits per heavy atom. The number of ether oxygens (including phenoxy) is 1. The van der Waals surface area contributed by atoms with Gasteiger partial charge in [0, 0.05) is 26.2 Å². The third-order valence-corrected chi connectivity index (χ3v) is 7.56. The average Bonchev–Trinajstić information content (AvgIpc) is 3.39. The van der Waals surface area contributed by atoms with E-state index in [1.165, 1.54) is 11.1 Å². The highest BCUT2D eigenvalue weighted by molar-refractivity contribution is 7.27. The summed E-state index contributed by atoms with van der Waals surface area (Å²) in [7, 11) is 4.65. The second-order valence-corrected chi connectivity index (χ2v) is 10.2. The van der Waals surface area contributed by atoms with Gasteiger partial charge < -0.3 is 14.4 Å². The highest BCUT2D eigenvalue weighted by atomic mass is 32.1. The fourth-order valence-electron chi connectivity index (χ4n) is 4.10. The number of carboxylic acids is 1. The van der Waals surface area contributed by atoms with E-state index in [2.05, 4.69) is 55.3 Å². The van der Waals surface area contributed by atoms with Gasteiger partial charge in [-0.2, -0.15) is 0 Å². The molecule has 5 rings (SSSR count). The topological polar surface area (TPSA) is 93.4 Å². The summed E-state index contributed by atoms with van der Waals surface area (Å²) >= 11 is 1.11. The molecule has 8 nitrogen and oxygen atoms in total. The van der Waals surface area contributed by atoms with Crippen LogP contribution in [0.1, 0.15) is 38.9 Å². The predicted molar refractivity (Wildman–Crippen MR) is 140 cm³/mol. The smallest absolute Gasteiger partial charge is 0.365 e. The monoisotopic (exact) mass is 507 g/mol. The van der Waals surface area contributed by atoms with Gasteiger partial charge in [0.2, 0.25) is 10.9 Å². The number of aryl methyl sites for hydroxylation is 2. The minimum absolute atomic E-state index is 0.0711. The molecule has 0 saturated carbocycles. The number of imidazole rings is 1. The van der Waals surface area contributed by atoms with Crippen LogP contribution in [0.4, 0.5) is 0 Å². The minimum atomic E-state index is -1.02. The lowest BCUT2D eigenvalue weighted by Gasteiger charge is -2.25. The molecule has 0 bridgehead atoms. The third kappa shape index (κ3) is 5.12. The average molecular weight is 508 g/mol. The van der Waals surface area contributed by atoms with Crippen LogP contribution in [-0.2, 0) is 20.2 Å². The molecular formula is C25H26N5O3PS. The Kier molecular flexibility index (Phi) is 6.65. The minimum Gasteiger partial charge on any atom is -0.476 e. The van der Waals surface area contributed by atoms with Gasteiger partial charge in [0.05, 0.1) is 12.2 Å². The van der Waals surface area contributed by atoms with Crippen molar-refractivity contribution in [2.75, 3.05) is 13.1 Å². The van der Waals surface area contributed by atoms with Gasteiger partial charge in [-0.1, -0.05) is 47.2 Å². The number of benzene rings is 1. The third-order valence-electron chi connectivity index (χ3n) is 6.10. The fraction of sp³-hybridized carbons (Fsp3) is 0.280. The summed E-state index contributed by atoms with van der Waals surface area (Å²) in [5.74, 6) is 0.485. The van der Waals surface area contributed by atoms with Crippen molar-refractivity contribution in [1.82, 2.24) is 24.4 Å². The number of aromatic carboxylic acids is 1. The lowest BCUT2D eigenvalue weighted by Crippen LogP contribution is -2.29. The Morgan fingerprint density at radius 2 is 2.09 bits per heavy atom. The van der Waals surface area contributed by atoms with Crippen molar-refractivity contribution in [2.45, 2.75) is 26.5 Å². The summed E-state index contributed by atoms with van der Waals surface area (Å²) in [6, 6.07) is 12.2. The molecule has 0 fully saturated rings. The Morgan fingerprint density at radius 3 is 2.80 bits per heavy atom. The molecule has 0 spiro atoms. The zero-order valence-electron chi connectivity index (χ0n) is 19.6. The highest BCUT2D eigenvalue weighted by Crippen LogP contribution is 2.26. The number of thiazole rings is 1. The first-order chi connectivity index (χ1) is 16.9. The zero-order valence-corrected chi connectivity index (χ0v) is 21.5. The summed E-state index contributed by atoms with van der Waals surface area (Å²) in [6.45, 7) is 4.90. The number of rotatable bonds is 7. The largest absolute Gasteiger partial charge is 0.476 e. The van der Waals surface area contributed by atoms with E-state index in [9.17, 15) is 4.79 Å². The van der Waals surface area contributed by atoms with Crippen molar-refractivity contribution in [3.63, 3.8) is 0 Å². The van der Waals surface area contributed by atoms with Gasteiger partial charge in [-0.15, -0.1) is 9.24 Å². The van der Waals surface area contributed by atoms with Crippen molar-refractivity contribution >= 4 is 47.9 Å². The van der Waals surface area contributed by atoms with Crippen molar-refractivity contribution < 1.29 is 14.6 Å². The first-order valence-corrected chi connectivity index (χ1v) is 12.7. The lowest BCUT2D eigenvalue weighted by molar-refractivity contribution is 0.0696. The van der Waals surface area contributed by atoms with Crippen LogP contribution in [0.2, 0.25) is 0 Å². The van der Waals surface area contributed by atoms with Gasteiger partial charge in [0.15, 0.2) is 10.5 Å². The SMILES string of the molecule is Cc1ccc(COc2cccc(C3=CCN(Cc4nc5sc(C(=O)O)nc5n4C)CC3)n2)c(P)c1. The molecule has 1 aliphatic rings. The van der Waals surface area contributed by atoms with Crippen LogP contribution >= 0.6 is 20.6 Å². The summed E-state index contributed by atoms with van der Waals surface area (Å²) in [6.07, 6.45) is 3.09. The molecule has 180 valence electrons. The first kappa shape index (κ1) is 23.6. The summed E-state index contributed by atoms with van der Waals surface area (Å²) < 4.78 is 7.87. The number of nitrogens with zero attached hydrogens (tertiary/aromatic N) is 5. The second kappa shape index (κ2) is 9.85. The van der Waals surface area contributed by atoms with Crippen LogP contribution in [0, 0.1) is 6.92 Å². The molecule has 0 saturated heterocycles. The van der Waals surface area contributed by atoms with E-state index >= 15 is 0 Å². The van der Waals surface area contributed by atoms with Crippen molar-refractivity contribution in [3.8, 4) is 5.88 Å². The van der Waals surface area contributed by atoms with Gasteiger partial charge in [0.25, 0.3) is 0 Å². The normalized spacial score (nSPS) is 14.3. The van der Waals surface area contributed by atoms with Gasteiger partial charge >= 0.3 is 5.97 Å². The van der Waals surface area contributed by atoms with Crippen LogP contribution in [0.15, 0.2) is 42.5 Å². The van der Waals surface area contributed by atoms with Crippen LogP contribution in [-0.4, -0.2) is 48.6 Å². The van der Waals surface area contributed by atoms with Gasteiger partial charge in [-0.25, -0.2) is 19.7 Å². The Balaban J connectivity index is 1.23. The van der Waals surface area contributed by atoms with Crippen LogP contribution < -0.4 is 10.0 Å². The maximum atomic E-state index is 11.2. The number of carboxylic acid groups (broad SMARTS) is 1. The molecule has 35 heavy (non-hydrogen) atoms. The van der Waals surface area contributed by atoms with Gasteiger partial charge in [0.1, 0.15) is 12.4 Å². The molecular weight excluding hydrogens is 481 g/mol. The molecule has 1 aromatic carbocycles. The van der Waals surface area contributed by atoms with E-state index < -0.39 is 5.97 Å². The van der Waals surface area contributed by atoms with E-state index in [0.717, 1.165) is 53.2 Å². The predicted octanol–water partition coefficient (Wildman–Crippen LogP) is 3.80. The number of hydrogen-bond acceptors (Lipinski definition) is 7. The van der Waals surface area contributed by atoms with Gasteiger partial charge in [-0.05, 0) is 35.9 Å². The van der Waals surface area contributed by atoms with E-state index in [-0.39, 0.29) is 5.01 Å². The van der Waals surface area contributed by atoms with Crippen LogP contribution in [0.25, 0.3) is 16.1 Å². The molecule has 0 aliphatic carbocycles. The molecule has 4 aromatic rings. The highest BCUT2D eigenvalue weighted by Gasteiger charge is 2.20. The summed E-state index contributed by atoms with van der Waals surface area (Å²) in [5, 5.41) is 10.4. The van der Waals surface area contributed by atoms with E-state index in [1.54, 1.807) is 0 Å². The Labute approximate surface area is 209 Å². The lowest BCUT2D eigenvalue weighted by atomic mass is 10.0. The number of hydrogen-bond donors (Lipinski definition) is 1. The van der Waals surface area contributed by atoms with Crippen LogP contribution in [0.3, 0.4) is 0 Å². The first-order valence-electron chi connectivity index (χ1n) is 11.3. The molecule has 0 radical (unpaired) electrons. The summed E-state index contributed by atoms with van der Waals surface area (Å²) in [5.41, 5.74) is 5.13. The molecule has 1 atom stereocenters. The maximum Gasteiger partial charge on any atom is 0.365 e. The molecule has 1 aliphatic heterocycles. The molecule has 1 unspecified atom stereocenters. The summed E-state index contributed by atoms with van der Waals surface area (Å²) in [4.78, 5) is 27.7. The van der Waals surface area contributed by atoms with Crippen LogP contribution in [0.5, 0.6) is 5.88 Å². The molecule has 4 heterocycles. The van der Waals surface area contributed by atoms with E-state index in [1.807, 2.05) is 29.8 Å². The maximum absolute atomic E-state index is 11.2. The second-order valence-electron chi connectivity index (χ2n) is 8.61. The number of carbonyl (C=O) groups is 1. The van der Waals surface area contributed by atoms with Crippen molar-refractivity contribution in [3.05, 3.63) is 70.1 Å². The number of fused-ring (bicyclic) bond motifs is 1. The Bertz CT molecular complexity index is 1440. The molecule has 0 amide bonds. The quantitative estimate of drug-likeness (QED) is 0.381.